The van der Waals surface area contributed by atoms with Gasteiger partial charge >= 0.3 is 0 Å². The van der Waals surface area contributed by atoms with Crippen LogP contribution < -0.4 is 15.0 Å². The predicted octanol–water partition coefficient (Wildman–Crippen LogP) is 3.67. The standard InChI is InChI=1S/C19H20N6O2/c1-12-8-14-17(9-13(12)21-2)27-18-11-16-19(10-15(18)23-14)26-7-6-25(16)5-3-4-22-24-20/h8-11H,3-7H2,1-2H3. The van der Waals surface area contributed by atoms with Crippen LogP contribution in [-0.4, -0.2) is 38.3 Å². The molecule has 138 valence electrons. The normalized spacial score (nSPS) is 14.1. The van der Waals surface area contributed by atoms with E-state index in [0.29, 0.717) is 24.5 Å². The Morgan fingerprint density at radius 3 is 3.00 bits per heavy atom. The van der Waals surface area contributed by atoms with Gasteiger partial charge in [-0.15, -0.1) is 0 Å². The molecule has 0 radical (unpaired) electrons. The molecule has 0 amide bonds. The van der Waals surface area contributed by atoms with Crippen LogP contribution in [0.2, 0.25) is 0 Å². The molecule has 0 aromatic heterocycles. The van der Waals surface area contributed by atoms with Gasteiger partial charge in [0.1, 0.15) is 23.6 Å². The summed E-state index contributed by atoms with van der Waals surface area (Å²) < 4.78 is 12.0. The molecule has 2 heterocycles. The summed E-state index contributed by atoms with van der Waals surface area (Å²) in [6.07, 6.45) is 0.787. The summed E-state index contributed by atoms with van der Waals surface area (Å²) in [5.74, 6) is 1.51. The highest BCUT2D eigenvalue weighted by Crippen LogP contribution is 2.37. The van der Waals surface area contributed by atoms with Gasteiger partial charge < -0.3 is 14.1 Å². The number of benzene rings is 2. The summed E-state index contributed by atoms with van der Waals surface area (Å²) in [6, 6.07) is 7.82. The van der Waals surface area contributed by atoms with Crippen LogP contribution >= 0.6 is 0 Å². The molecule has 3 aliphatic rings. The van der Waals surface area contributed by atoms with E-state index in [0.717, 1.165) is 53.1 Å². The number of nitrogens with zero attached hydrogens (tertiary/aromatic N) is 6. The van der Waals surface area contributed by atoms with E-state index in [4.69, 9.17) is 19.7 Å². The maximum atomic E-state index is 8.42. The molecule has 8 heteroatoms. The minimum Gasteiger partial charge on any atom is -0.489 e. The number of hydrogen-bond acceptors (Lipinski definition) is 6. The fraction of sp³-hybridized carbons (Fsp3) is 0.368. The number of fused-ring (bicyclic) bond motifs is 3. The van der Waals surface area contributed by atoms with Crippen LogP contribution in [0.15, 0.2) is 38.8 Å². The Balaban J connectivity index is 1.78. The first-order valence-corrected chi connectivity index (χ1v) is 8.90. The first-order valence-electron chi connectivity index (χ1n) is 8.90. The molecule has 0 bridgehead atoms. The molecule has 1 aromatic carbocycles. The van der Waals surface area contributed by atoms with Crippen molar-refractivity contribution in [3.8, 4) is 17.2 Å². The molecule has 1 aliphatic carbocycles. The van der Waals surface area contributed by atoms with E-state index in [2.05, 4.69) is 19.9 Å². The van der Waals surface area contributed by atoms with Crippen molar-refractivity contribution in [3.05, 3.63) is 45.6 Å². The monoisotopic (exact) mass is 364 g/mol. The maximum Gasteiger partial charge on any atom is 0.155 e. The van der Waals surface area contributed by atoms with Gasteiger partial charge in [0.15, 0.2) is 11.3 Å². The average molecular weight is 364 g/mol. The van der Waals surface area contributed by atoms with Gasteiger partial charge in [-0.25, -0.2) is 4.98 Å². The van der Waals surface area contributed by atoms with Gasteiger partial charge in [-0.2, -0.15) is 0 Å². The number of anilines is 1. The maximum absolute atomic E-state index is 8.42. The van der Waals surface area contributed by atoms with Crippen molar-refractivity contribution in [1.29, 1.82) is 0 Å². The van der Waals surface area contributed by atoms with E-state index >= 15 is 0 Å². The lowest BCUT2D eigenvalue weighted by atomic mass is 10.1. The van der Waals surface area contributed by atoms with Gasteiger partial charge in [-0.3, -0.25) is 4.99 Å². The third kappa shape index (κ3) is 3.27. The number of rotatable bonds is 4. The fourth-order valence-corrected chi connectivity index (χ4v) is 3.39. The largest absolute Gasteiger partial charge is 0.489 e. The Hall–Kier alpha value is -3.25. The minimum atomic E-state index is 0.482. The van der Waals surface area contributed by atoms with Crippen LogP contribution in [-0.2, 0) is 0 Å². The Kier molecular flexibility index (Phi) is 4.56. The van der Waals surface area contributed by atoms with Gasteiger partial charge in [-0.05, 0) is 30.5 Å². The SMILES string of the molecule is CN=c1cc2oc3cc4c(cc3nc-2cc1C)OCCN4CCCN=[N+]=[N-]. The highest BCUT2D eigenvalue weighted by Gasteiger charge is 2.21. The molecule has 2 aliphatic heterocycles. The second-order valence-electron chi connectivity index (χ2n) is 6.48. The first kappa shape index (κ1) is 17.2. The Bertz CT molecular complexity index is 1080. The number of hydrogen-bond donors (Lipinski definition) is 0. The van der Waals surface area contributed by atoms with E-state index < -0.39 is 0 Å². The van der Waals surface area contributed by atoms with E-state index in [1.165, 1.54) is 0 Å². The molecular weight excluding hydrogens is 344 g/mol. The predicted molar refractivity (Wildman–Crippen MR) is 103 cm³/mol. The smallest absolute Gasteiger partial charge is 0.155 e. The lowest BCUT2D eigenvalue weighted by Crippen LogP contribution is -2.33. The second kappa shape index (κ2) is 7.17. The molecule has 0 atom stereocenters. The van der Waals surface area contributed by atoms with Crippen LogP contribution in [0.25, 0.3) is 33.0 Å². The number of aromatic nitrogens is 1. The van der Waals surface area contributed by atoms with Crippen molar-refractivity contribution in [2.75, 3.05) is 38.2 Å². The highest BCUT2D eigenvalue weighted by atomic mass is 16.5. The zero-order valence-corrected chi connectivity index (χ0v) is 15.3. The molecule has 8 nitrogen and oxygen atoms in total. The summed E-state index contributed by atoms with van der Waals surface area (Å²) >= 11 is 0. The minimum absolute atomic E-state index is 0.482. The Morgan fingerprint density at radius 2 is 2.19 bits per heavy atom. The van der Waals surface area contributed by atoms with Crippen molar-refractivity contribution in [3.63, 3.8) is 0 Å². The van der Waals surface area contributed by atoms with Gasteiger partial charge in [0, 0.05) is 43.2 Å². The van der Waals surface area contributed by atoms with Gasteiger partial charge in [0.05, 0.1) is 17.6 Å². The van der Waals surface area contributed by atoms with Gasteiger partial charge in [0.25, 0.3) is 0 Å². The molecule has 1 aromatic rings. The van der Waals surface area contributed by atoms with Crippen molar-refractivity contribution in [2.45, 2.75) is 13.3 Å². The van der Waals surface area contributed by atoms with Crippen LogP contribution in [0, 0.1) is 6.92 Å². The Morgan fingerprint density at radius 1 is 1.30 bits per heavy atom. The van der Waals surface area contributed by atoms with Gasteiger partial charge in [-0.1, -0.05) is 5.11 Å². The summed E-state index contributed by atoms with van der Waals surface area (Å²) in [5.41, 5.74) is 12.7. The second-order valence-corrected chi connectivity index (χ2v) is 6.48. The zero-order valence-electron chi connectivity index (χ0n) is 15.3. The van der Waals surface area contributed by atoms with Crippen LogP contribution in [0.1, 0.15) is 12.0 Å². The van der Waals surface area contributed by atoms with Crippen molar-refractivity contribution in [2.24, 2.45) is 10.1 Å². The number of azide groups is 1. The summed E-state index contributed by atoms with van der Waals surface area (Å²) in [7, 11) is 1.77. The molecule has 0 saturated carbocycles. The lowest BCUT2D eigenvalue weighted by Gasteiger charge is -2.31. The summed E-state index contributed by atoms with van der Waals surface area (Å²) in [6.45, 7) is 4.69. The molecule has 0 unspecified atom stereocenters. The van der Waals surface area contributed by atoms with Crippen LogP contribution in [0.5, 0.6) is 5.75 Å². The Labute approximate surface area is 156 Å². The quantitative estimate of drug-likeness (QED) is 0.232. The molecule has 0 fully saturated rings. The van der Waals surface area contributed by atoms with Crippen molar-refractivity contribution in [1.82, 2.24) is 4.98 Å². The molecular formula is C19H20N6O2. The molecule has 4 rings (SSSR count). The third-order valence-corrected chi connectivity index (χ3v) is 4.73. The lowest BCUT2D eigenvalue weighted by molar-refractivity contribution is 0.307. The average Bonchev–Trinajstić information content (AvgIpc) is 2.68. The van der Waals surface area contributed by atoms with Crippen molar-refractivity contribution >= 4 is 16.8 Å². The first-order chi connectivity index (χ1) is 13.2. The summed E-state index contributed by atoms with van der Waals surface area (Å²) in [4.78, 5) is 14.1. The molecule has 0 spiro atoms. The topological polar surface area (TPSA) is 99.6 Å². The highest BCUT2D eigenvalue weighted by molar-refractivity contribution is 5.84. The number of ether oxygens (including phenoxy) is 1. The van der Waals surface area contributed by atoms with E-state index in [-0.39, 0.29) is 0 Å². The third-order valence-electron chi connectivity index (χ3n) is 4.73. The van der Waals surface area contributed by atoms with Crippen molar-refractivity contribution < 1.29 is 9.15 Å². The van der Waals surface area contributed by atoms with E-state index in [9.17, 15) is 0 Å². The molecule has 0 saturated heterocycles. The summed E-state index contributed by atoms with van der Waals surface area (Å²) in [5, 5.41) is 4.50. The van der Waals surface area contributed by atoms with Gasteiger partial charge in [0.2, 0.25) is 0 Å². The van der Waals surface area contributed by atoms with Crippen LogP contribution in [0.4, 0.5) is 5.69 Å². The zero-order chi connectivity index (χ0) is 18.8. The van der Waals surface area contributed by atoms with Crippen LogP contribution in [0.3, 0.4) is 0 Å². The van der Waals surface area contributed by atoms with E-state index in [1.54, 1.807) is 7.05 Å². The number of aryl methyl sites for hydroxylation is 1. The fourth-order valence-electron chi connectivity index (χ4n) is 3.39. The molecule has 0 N–H and O–H groups in total. The van der Waals surface area contributed by atoms with E-state index in [1.807, 2.05) is 31.2 Å². The molecule has 27 heavy (non-hydrogen) atoms.